The molecule has 206 valence electrons. The summed E-state index contributed by atoms with van der Waals surface area (Å²) in [6, 6.07) is 14.0. The molecule has 0 radical (unpaired) electrons. The summed E-state index contributed by atoms with van der Waals surface area (Å²) in [4.78, 5) is 23.0. The van der Waals surface area contributed by atoms with Crippen LogP contribution >= 0.6 is 0 Å². The molecule has 2 aromatic carbocycles. The highest BCUT2D eigenvalue weighted by Crippen LogP contribution is 2.34. The van der Waals surface area contributed by atoms with Crippen LogP contribution in [0.2, 0.25) is 0 Å². The molecule has 1 saturated heterocycles. The summed E-state index contributed by atoms with van der Waals surface area (Å²) in [5, 5.41) is 11.2. The number of methoxy groups -OCH3 is 1. The van der Waals surface area contributed by atoms with Crippen molar-refractivity contribution in [3.8, 4) is 17.0 Å². The molecule has 13 heteroatoms. The van der Waals surface area contributed by atoms with Crippen molar-refractivity contribution < 1.29 is 32.2 Å². The number of aromatic amines is 1. The van der Waals surface area contributed by atoms with Crippen LogP contribution in [0.15, 0.2) is 54.9 Å². The van der Waals surface area contributed by atoms with Gasteiger partial charge in [-0.25, -0.2) is 19.2 Å². The minimum Gasteiger partial charge on any atom is -0.494 e. The third-order valence-electron chi connectivity index (χ3n) is 6.17. The first-order valence-electron chi connectivity index (χ1n) is 11.9. The number of hydrogen-bond donors (Lipinski definition) is 4. The molecule has 1 fully saturated rings. The number of fused-ring (bicyclic) bond motifs is 1. The van der Waals surface area contributed by atoms with Gasteiger partial charge in [-0.3, -0.25) is 0 Å². The summed E-state index contributed by atoms with van der Waals surface area (Å²) < 4.78 is 52.0. The van der Waals surface area contributed by atoms with E-state index in [0.29, 0.717) is 22.9 Å². The summed E-state index contributed by atoms with van der Waals surface area (Å²) in [5.41, 5.74) is 9.67. The van der Waals surface area contributed by atoms with E-state index in [1.165, 1.54) is 6.20 Å². The van der Waals surface area contributed by atoms with Crippen molar-refractivity contribution in [1.29, 1.82) is 0 Å². The standard InChI is InChI=1S/C24H25FN6O.C2HF3O2/c1-32-22-12-16(31-10-8-15(26)9-11-31)6-7-21(22)29-24-28-14-19(25)23(30-24)18-13-27-20-5-3-2-4-17(18)20;3-2(4,5)1(6)7/h2-7,12-15,27H,8-11,26H2,1H3,(H,28,29,30);(H,6,7). The van der Waals surface area contributed by atoms with Crippen molar-refractivity contribution in [2.75, 3.05) is 30.4 Å². The van der Waals surface area contributed by atoms with Crippen LogP contribution in [-0.2, 0) is 4.79 Å². The Morgan fingerprint density at radius 1 is 1.21 bits per heavy atom. The number of ether oxygens (including phenoxy) is 1. The number of nitrogens with two attached hydrogens (primary N) is 1. The largest absolute Gasteiger partial charge is 0.494 e. The number of aliphatic carboxylic acids is 1. The Hall–Kier alpha value is -4.39. The van der Waals surface area contributed by atoms with Gasteiger partial charge in [-0.1, -0.05) is 18.2 Å². The number of rotatable bonds is 5. The molecule has 2 aromatic heterocycles. The number of carboxylic acid groups (broad SMARTS) is 1. The zero-order valence-corrected chi connectivity index (χ0v) is 20.8. The van der Waals surface area contributed by atoms with E-state index in [-0.39, 0.29) is 11.7 Å². The highest BCUT2D eigenvalue weighted by Gasteiger charge is 2.38. The van der Waals surface area contributed by atoms with Gasteiger partial charge in [-0.15, -0.1) is 0 Å². The first kappa shape index (κ1) is 27.6. The van der Waals surface area contributed by atoms with E-state index in [1.54, 1.807) is 13.3 Å². The summed E-state index contributed by atoms with van der Waals surface area (Å²) >= 11 is 0. The lowest BCUT2D eigenvalue weighted by atomic mass is 10.1. The number of carboxylic acids is 1. The number of piperidine rings is 1. The van der Waals surface area contributed by atoms with Crippen LogP contribution in [-0.4, -0.2) is 58.4 Å². The fourth-order valence-corrected chi connectivity index (χ4v) is 4.14. The van der Waals surface area contributed by atoms with Crippen LogP contribution in [0.1, 0.15) is 12.8 Å². The fourth-order valence-electron chi connectivity index (χ4n) is 4.14. The van der Waals surface area contributed by atoms with Gasteiger partial charge in [0.15, 0.2) is 5.82 Å². The van der Waals surface area contributed by atoms with Gasteiger partial charge in [0.1, 0.15) is 11.4 Å². The Morgan fingerprint density at radius 2 is 1.90 bits per heavy atom. The summed E-state index contributed by atoms with van der Waals surface area (Å²) in [6.45, 7) is 1.85. The number of halogens is 4. The third-order valence-corrected chi connectivity index (χ3v) is 6.17. The van der Waals surface area contributed by atoms with Gasteiger partial charge in [0.2, 0.25) is 5.95 Å². The van der Waals surface area contributed by atoms with Crippen LogP contribution in [0.3, 0.4) is 0 Å². The van der Waals surface area contributed by atoms with E-state index in [4.69, 9.17) is 20.4 Å². The molecule has 0 saturated carbocycles. The fraction of sp³-hybridized carbons (Fsp3) is 0.269. The van der Waals surface area contributed by atoms with Gasteiger partial charge in [0.25, 0.3) is 0 Å². The maximum atomic E-state index is 14.6. The van der Waals surface area contributed by atoms with Crippen molar-refractivity contribution in [2.24, 2.45) is 5.73 Å². The molecule has 0 aliphatic carbocycles. The Labute approximate surface area is 220 Å². The lowest BCUT2D eigenvalue weighted by Gasteiger charge is -2.32. The molecule has 1 aliphatic rings. The molecule has 0 atom stereocenters. The number of alkyl halides is 3. The zero-order valence-electron chi connectivity index (χ0n) is 20.8. The minimum atomic E-state index is -5.08. The van der Waals surface area contributed by atoms with Crippen molar-refractivity contribution in [1.82, 2.24) is 15.0 Å². The van der Waals surface area contributed by atoms with Crippen LogP contribution in [0.5, 0.6) is 5.75 Å². The molecule has 0 spiro atoms. The highest BCUT2D eigenvalue weighted by molar-refractivity contribution is 5.94. The Morgan fingerprint density at radius 3 is 2.56 bits per heavy atom. The van der Waals surface area contributed by atoms with Gasteiger partial charge in [-0.2, -0.15) is 13.2 Å². The molecular weight excluding hydrogens is 520 g/mol. The lowest BCUT2D eigenvalue weighted by molar-refractivity contribution is -0.192. The number of nitrogens with one attached hydrogen (secondary N) is 2. The van der Waals surface area contributed by atoms with E-state index in [0.717, 1.165) is 42.5 Å². The van der Waals surface area contributed by atoms with Crippen molar-refractivity contribution in [2.45, 2.75) is 25.1 Å². The van der Waals surface area contributed by atoms with Crippen LogP contribution < -0.4 is 20.7 Å². The first-order chi connectivity index (χ1) is 18.6. The van der Waals surface area contributed by atoms with Gasteiger partial charge >= 0.3 is 12.1 Å². The van der Waals surface area contributed by atoms with Gasteiger partial charge in [0, 0.05) is 53.5 Å². The van der Waals surface area contributed by atoms with Crippen molar-refractivity contribution >= 4 is 34.2 Å². The Kier molecular flexibility index (Phi) is 8.19. The number of benzene rings is 2. The molecule has 39 heavy (non-hydrogen) atoms. The smallest absolute Gasteiger partial charge is 0.490 e. The second kappa shape index (κ2) is 11.6. The Bertz CT molecular complexity index is 1450. The van der Waals surface area contributed by atoms with E-state index >= 15 is 0 Å². The summed E-state index contributed by atoms with van der Waals surface area (Å²) in [5.74, 6) is -2.28. The molecule has 0 amide bonds. The maximum Gasteiger partial charge on any atom is 0.490 e. The molecule has 0 unspecified atom stereocenters. The number of H-pyrrole nitrogens is 1. The average molecular weight is 547 g/mol. The van der Waals surface area contributed by atoms with Gasteiger partial charge in [-0.05, 0) is 31.0 Å². The number of para-hydroxylation sites is 1. The normalized spacial score (nSPS) is 14.1. The van der Waals surface area contributed by atoms with E-state index < -0.39 is 18.0 Å². The molecule has 3 heterocycles. The number of hydrogen-bond acceptors (Lipinski definition) is 7. The predicted octanol–water partition coefficient (Wildman–Crippen LogP) is 5.08. The lowest BCUT2D eigenvalue weighted by Crippen LogP contribution is -2.39. The van der Waals surface area contributed by atoms with Crippen molar-refractivity contribution in [3.05, 3.63) is 60.7 Å². The molecule has 4 aromatic rings. The number of aromatic nitrogens is 3. The quantitative estimate of drug-likeness (QED) is 0.255. The second-order valence-electron chi connectivity index (χ2n) is 8.78. The zero-order chi connectivity index (χ0) is 28.2. The molecule has 5 rings (SSSR count). The molecular formula is C26H26F4N6O3. The van der Waals surface area contributed by atoms with Crippen LogP contribution in [0.25, 0.3) is 22.2 Å². The second-order valence-corrected chi connectivity index (χ2v) is 8.78. The van der Waals surface area contributed by atoms with Crippen LogP contribution in [0, 0.1) is 5.82 Å². The average Bonchev–Trinajstić information content (AvgIpc) is 3.34. The van der Waals surface area contributed by atoms with E-state index in [1.807, 2.05) is 42.5 Å². The minimum absolute atomic E-state index is 0.236. The Balaban J connectivity index is 0.000000448. The monoisotopic (exact) mass is 546 g/mol. The predicted molar refractivity (Wildman–Crippen MR) is 139 cm³/mol. The number of nitrogens with zero attached hydrogens (tertiary/aromatic N) is 3. The maximum absolute atomic E-state index is 14.6. The summed E-state index contributed by atoms with van der Waals surface area (Å²) in [6.07, 6.45) is -0.186. The summed E-state index contributed by atoms with van der Waals surface area (Å²) in [7, 11) is 1.62. The molecule has 9 nitrogen and oxygen atoms in total. The number of carbonyl (C=O) groups is 1. The molecule has 0 bridgehead atoms. The van der Waals surface area contributed by atoms with E-state index in [9.17, 15) is 17.6 Å². The van der Waals surface area contributed by atoms with Gasteiger partial charge < -0.3 is 30.8 Å². The van der Waals surface area contributed by atoms with Gasteiger partial charge in [0.05, 0.1) is 19.0 Å². The van der Waals surface area contributed by atoms with Crippen LogP contribution in [0.4, 0.5) is 34.9 Å². The molecule has 5 N–H and O–H groups in total. The topological polar surface area (TPSA) is 129 Å². The molecule has 1 aliphatic heterocycles. The van der Waals surface area contributed by atoms with E-state index in [2.05, 4.69) is 25.2 Å². The SMILES string of the molecule is COc1cc(N2CCC(N)CC2)ccc1Nc1ncc(F)c(-c2c[nH]c3ccccc23)n1.O=C(O)C(F)(F)F. The van der Waals surface area contributed by atoms with Crippen molar-refractivity contribution in [3.63, 3.8) is 0 Å². The first-order valence-corrected chi connectivity index (χ1v) is 11.9. The number of anilines is 3. The highest BCUT2D eigenvalue weighted by atomic mass is 19.4. The third kappa shape index (κ3) is 6.55.